The largest absolute Gasteiger partial charge is 0.373 e. The second-order valence-electron chi connectivity index (χ2n) is 5.28. The minimum Gasteiger partial charge on any atom is -0.373 e. The van der Waals surface area contributed by atoms with E-state index in [-0.39, 0.29) is 0 Å². The maximum Gasteiger partial charge on any atom is 0.0613 e. The van der Waals surface area contributed by atoms with Crippen molar-refractivity contribution in [3.63, 3.8) is 0 Å². The summed E-state index contributed by atoms with van der Waals surface area (Å²) in [7, 11) is 0. The van der Waals surface area contributed by atoms with Gasteiger partial charge in [-0.15, -0.1) is 11.8 Å². The van der Waals surface area contributed by atoms with Crippen molar-refractivity contribution < 1.29 is 0 Å². The molecule has 1 aliphatic heterocycles. The van der Waals surface area contributed by atoms with Gasteiger partial charge in [-0.3, -0.25) is 0 Å². The van der Waals surface area contributed by atoms with Gasteiger partial charge in [0.1, 0.15) is 0 Å². The van der Waals surface area contributed by atoms with Gasteiger partial charge in [-0.05, 0) is 52.4 Å². The van der Waals surface area contributed by atoms with E-state index in [9.17, 15) is 0 Å². The molecule has 2 heterocycles. The Morgan fingerprint density at radius 3 is 2.52 bits per heavy atom. The predicted octanol–water partition coefficient (Wildman–Crippen LogP) is 7.05. The van der Waals surface area contributed by atoms with Crippen LogP contribution in [-0.4, -0.2) is 11.8 Å². The Balaban J connectivity index is 0.000000730. The second-order valence-corrected chi connectivity index (χ2v) is 7.17. The monoisotopic (exact) mass is 373 g/mol. The third kappa shape index (κ3) is 6.75. The zero-order valence-corrected chi connectivity index (χ0v) is 17.8. The second kappa shape index (κ2) is 12.0. The van der Waals surface area contributed by atoms with Crippen molar-refractivity contribution in [1.29, 1.82) is 0 Å². The first-order valence-corrected chi connectivity index (χ1v) is 11.0. The van der Waals surface area contributed by atoms with Gasteiger partial charge >= 0.3 is 0 Å². The molecule has 1 aromatic heterocycles. The Hall–Kier alpha value is -1.45. The van der Waals surface area contributed by atoms with Gasteiger partial charge in [0.25, 0.3) is 0 Å². The fourth-order valence-electron chi connectivity index (χ4n) is 2.55. The van der Waals surface area contributed by atoms with Gasteiger partial charge in [0, 0.05) is 5.75 Å². The topological polar surface area (TPSA) is 12.0 Å². The molecule has 1 N–H and O–H groups in total. The van der Waals surface area contributed by atoms with Gasteiger partial charge in [0.05, 0.1) is 11.1 Å². The number of hydrogen-bond acceptors (Lipinski definition) is 3. The molecule has 25 heavy (non-hydrogen) atoms. The molecule has 1 fully saturated rings. The Bertz CT molecular complexity index is 657. The average molecular weight is 374 g/mol. The molecule has 1 nitrogen and oxygen atoms in total. The normalized spacial score (nSPS) is 15.9. The molecule has 1 aromatic carbocycles. The number of aryl methyl sites for hydroxylation is 1. The van der Waals surface area contributed by atoms with Crippen molar-refractivity contribution in [2.75, 3.05) is 5.75 Å². The molecule has 1 aliphatic rings. The molecule has 0 amide bonds. The Morgan fingerprint density at radius 1 is 1.20 bits per heavy atom. The maximum atomic E-state index is 3.94. The zero-order valence-electron chi connectivity index (χ0n) is 16.1. The smallest absolute Gasteiger partial charge is 0.0613 e. The van der Waals surface area contributed by atoms with E-state index in [1.165, 1.54) is 22.3 Å². The van der Waals surface area contributed by atoms with Gasteiger partial charge in [-0.25, -0.2) is 0 Å². The van der Waals surface area contributed by atoms with Gasteiger partial charge < -0.3 is 5.32 Å². The molecule has 0 spiro atoms. The zero-order chi connectivity index (χ0) is 18.7. The van der Waals surface area contributed by atoms with E-state index in [1.807, 2.05) is 27.7 Å². The predicted molar refractivity (Wildman–Crippen MR) is 119 cm³/mol. The highest BCUT2D eigenvalue weighted by Gasteiger charge is 2.13. The molecule has 0 saturated carbocycles. The Kier molecular flexibility index (Phi) is 10.4. The average Bonchev–Trinajstić information content (AvgIpc) is 3.31. The van der Waals surface area contributed by atoms with Crippen LogP contribution in [0.5, 0.6) is 0 Å². The summed E-state index contributed by atoms with van der Waals surface area (Å²) in [6.45, 7) is 14.1. The highest BCUT2D eigenvalue weighted by atomic mass is 32.2. The summed E-state index contributed by atoms with van der Waals surface area (Å²) in [6, 6.07) is 9.40. The molecule has 0 bridgehead atoms. The van der Waals surface area contributed by atoms with Crippen molar-refractivity contribution in [2.45, 2.75) is 47.1 Å². The molecule has 1 unspecified atom stereocenters. The first-order valence-electron chi connectivity index (χ1n) is 9.09. The molecule has 1 saturated heterocycles. The third-order valence-corrected chi connectivity index (χ3v) is 5.30. The Morgan fingerprint density at radius 2 is 1.96 bits per heavy atom. The minimum atomic E-state index is 0.439. The lowest BCUT2D eigenvalue weighted by atomic mass is 9.99. The van der Waals surface area contributed by atoms with Crippen molar-refractivity contribution in [3.8, 4) is 11.1 Å². The number of benzene rings is 1. The number of thioether (sulfide) groups is 1. The van der Waals surface area contributed by atoms with Crippen molar-refractivity contribution >= 4 is 23.1 Å². The number of nitrogens with one attached hydrogen (secondary N) is 1. The van der Waals surface area contributed by atoms with Gasteiger partial charge in [0.2, 0.25) is 0 Å². The van der Waals surface area contributed by atoms with Crippen molar-refractivity contribution in [1.82, 2.24) is 5.32 Å². The van der Waals surface area contributed by atoms with Crippen LogP contribution >= 0.6 is 23.1 Å². The number of allylic oxidation sites excluding steroid dienone is 1. The van der Waals surface area contributed by atoms with Gasteiger partial charge in [-0.2, -0.15) is 11.3 Å². The van der Waals surface area contributed by atoms with E-state index in [0.29, 0.717) is 6.04 Å². The van der Waals surface area contributed by atoms with Gasteiger partial charge in [0.15, 0.2) is 0 Å². The van der Waals surface area contributed by atoms with Crippen molar-refractivity contribution in [2.24, 2.45) is 0 Å². The third-order valence-electron chi connectivity index (χ3n) is 3.63. The molecule has 0 radical (unpaired) electrons. The van der Waals surface area contributed by atoms with Crippen LogP contribution in [0.15, 0.2) is 58.8 Å². The van der Waals surface area contributed by atoms with E-state index >= 15 is 0 Å². The summed E-state index contributed by atoms with van der Waals surface area (Å²) in [5, 5.41) is 8.78. The minimum absolute atomic E-state index is 0.439. The SMILES string of the molecule is C=C1NC(/C=C\Cc2ccc(-c3ccsc3)c(C)c2)CS1.CC.CC. The maximum absolute atomic E-state index is 3.94. The Labute approximate surface area is 162 Å². The quantitative estimate of drug-likeness (QED) is 0.576. The van der Waals surface area contributed by atoms with Crippen LogP contribution in [0.4, 0.5) is 0 Å². The van der Waals surface area contributed by atoms with Crippen molar-refractivity contribution in [3.05, 3.63) is 69.9 Å². The van der Waals surface area contributed by atoms with Crippen LogP contribution in [-0.2, 0) is 6.42 Å². The van der Waals surface area contributed by atoms with E-state index in [4.69, 9.17) is 0 Å². The van der Waals surface area contributed by atoms with E-state index in [0.717, 1.165) is 17.2 Å². The highest BCUT2D eigenvalue weighted by Crippen LogP contribution is 2.26. The first-order chi connectivity index (χ1) is 12.2. The van der Waals surface area contributed by atoms with E-state index in [2.05, 4.69) is 66.0 Å². The van der Waals surface area contributed by atoms with Crippen LogP contribution in [0.2, 0.25) is 0 Å². The number of rotatable bonds is 4. The molecule has 0 aliphatic carbocycles. The fraction of sp³-hybridized carbons (Fsp3) is 0.364. The molecular formula is C22H31NS2. The lowest BCUT2D eigenvalue weighted by Crippen LogP contribution is -2.19. The highest BCUT2D eigenvalue weighted by molar-refractivity contribution is 8.03. The summed E-state index contributed by atoms with van der Waals surface area (Å²) in [5.41, 5.74) is 5.38. The summed E-state index contributed by atoms with van der Waals surface area (Å²) < 4.78 is 0. The summed E-state index contributed by atoms with van der Waals surface area (Å²) in [4.78, 5) is 0. The summed E-state index contributed by atoms with van der Waals surface area (Å²) in [5.74, 6) is 1.09. The molecule has 136 valence electrons. The molecular weight excluding hydrogens is 342 g/mol. The van der Waals surface area contributed by atoms with Crippen LogP contribution < -0.4 is 5.32 Å². The summed E-state index contributed by atoms with van der Waals surface area (Å²) >= 11 is 3.55. The summed E-state index contributed by atoms with van der Waals surface area (Å²) in [6.07, 6.45) is 5.50. The van der Waals surface area contributed by atoms with Gasteiger partial charge in [-0.1, -0.05) is 64.6 Å². The number of hydrogen-bond donors (Lipinski definition) is 1. The lowest BCUT2D eigenvalue weighted by molar-refractivity contribution is 0.796. The van der Waals surface area contributed by atoms with E-state index < -0.39 is 0 Å². The fourth-order valence-corrected chi connectivity index (χ4v) is 4.01. The van der Waals surface area contributed by atoms with E-state index in [1.54, 1.807) is 23.1 Å². The molecule has 3 rings (SSSR count). The molecule has 3 heteroatoms. The molecule has 2 aromatic rings. The van der Waals surface area contributed by atoms with Crippen LogP contribution in [0.1, 0.15) is 38.8 Å². The number of thiophene rings is 1. The van der Waals surface area contributed by atoms with Crippen LogP contribution in [0.3, 0.4) is 0 Å². The van der Waals surface area contributed by atoms with Crippen LogP contribution in [0.25, 0.3) is 11.1 Å². The molecule has 1 atom stereocenters. The van der Waals surface area contributed by atoms with Crippen LogP contribution in [0, 0.1) is 6.92 Å². The standard InChI is InChI=1S/C18H19NS2.2C2H6/c1-13-10-15(4-3-5-17-12-21-14(2)19-17)6-7-18(13)16-8-9-20-11-16;2*1-2/h3,5-11,17,19H,2,4,12H2,1H3;2*1-2H3/b5-3-;;. The lowest BCUT2D eigenvalue weighted by Gasteiger charge is -2.07. The first kappa shape index (κ1) is 21.6.